The number of halogens is 2. The number of carbonyl (C=O) groups excluding carboxylic acids is 2. The van der Waals surface area contributed by atoms with Crippen LogP contribution in [-0.2, 0) is 26.2 Å². The molecule has 2 unspecified atom stereocenters. The van der Waals surface area contributed by atoms with Gasteiger partial charge in [-0.25, -0.2) is 8.42 Å². The van der Waals surface area contributed by atoms with E-state index >= 15 is 0 Å². The molecule has 180 valence electrons. The van der Waals surface area contributed by atoms with Gasteiger partial charge < -0.3 is 10.2 Å². The molecule has 2 aromatic rings. The van der Waals surface area contributed by atoms with Crippen LogP contribution in [0.15, 0.2) is 53.0 Å². The predicted octanol–water partition coefficient (Wildman–Crippen LogP) is 4.20. The summed E-state index contributed by atoms with van der Waals surface area (Å²) in [6.45, 7) is 5.06. The maximum Gasteiger partial charge on any atom is 0.244 e. The van der Waals surface area contributed by atoms with E-state index in [1.54, 1.807) is 55.5 Å². The third kappa shape index (κ3) is 7.72. The lowest BCUT2D eigenvalue weighted by atomic mass is 10.1. The summed E-state index contributed by atoms with van der Waals surface area (Å²) in [5.74, 6) is -0.839. The number of carbonyl (C=O) groups is 2. The molecule has 0 aromatic heterocycles. The normalized spacial score (nSPS) is 13.2. The standard InChI is InChI=1S/C23H29BrClN3O4S/c1-5-16(2)26-23(30)17(3)27(14-18-8-6-7-9-21(18)25)22(29)15-28(33(4,31)32)20-12-10-19(24)11-13-20/h6-13,16-17H,5,14-15H2,1-4H3,(H,26,30). The largest absolute Gasteiger partial charge is 0.352 e. The van der Waals surface area contributed by atoms with Gasteiger partial charge in [-0.1, -0.05) is 52.7 Å². The Morgan fingerprint density at radius 1 is 1.09 bits per heavy atom. The molecule has 0 aliphatic heterocycles. The maximum absolute atomic E-state index is 13.4. The Labute approximate surface area is 209 Å². The molecule has 0 bridgehead atoms. The van der Waals surface area contributed by atoms with Gasteiger partial charge in [-0.2, -0.15) is 0 Å². The van der Waals surface area contributed by atoms with Gasteiger partial charge in [0.1, 0.15) is 12.6 Å². The van der Waals surface area contributed by atoms with Crippen molar-refractivity contribution in [1.29, 1.82) is 0 Å². The van der Waals surface area contributed by atoms with Crippen LogP contribution in [0.1, 0.15) is 32.8 Å². The maximum atomic E-state index is 13.4. The van der Waals surface area contributed by atoms with Crippen LogP contribution >= 0.6 is 27.5 Å². The summed E-state index contributed by atoms with van der Waals surface area (Å²) >= 11 is 9.63. The topological polar surface area (TPSA) is 86.8 Å². The highest BCUT2D eigenvalue weighted by atomic mass is 79.9. The van der Waals surface area contributed by atoms with E-state index in [1.165, 1.54) is 4.90 Å². The number of sulfonamides is 1. The Balaban J connectivity index is 2.39. The Hall–Kier alpha value is -2.10. The number of amides is 2. The monoisotopic (exact) mass is 557 g/mol. The molecule has 2 rings (SSSR count). The lowest BCUT2D eigenvalue weighted by molar-refractivity contribution is -0.139. The average Bonchev–Trinajstić information content (AvgIpc) is 2.76. The molecule has 2 amide bonds. The van der Waals surface area contributed by atoms with Crippen molar-refractivity contribution in [2.75, 3.05) is 17.1 Å². The molecule has 7 nitrogen and oxygen atoms in total. The fraction of sp³-hybridized carbons (Fsp3) is 0.391. The van der Waals surface area contributed by atoms with E-state index in [2.05, 4.69) is 21.2 Å². The highest BCUT2D eigenvalue weighted by Gasteiger charge is 2.30. The number of hydrogen-bond donors (Lipinski definition) is 1. The van der Waals surface area contributed by atoms with E-state index in [0.29, 0.717) is 16.3 Å². The fourth-order valence-corrected chi connectivity index (χ4v) is 4.39. The summed E-state index contributed by atoms with van der Waals surface area (Å²) in [5.41, 5.74) is 1.01. The van der Waals surface area contributed by atoms with Crippen molar-refractivity contribution in [2.24, 2.45) is 0 Å². The third-order valence-corrected chi connectivity index (χ3v) is 7.30. The first kappa shape index (κ1) is 27.1. The van der Waals surface area contributed by atoms with E-state index in [9.17, 15) is 18.0 Å². The summed E-state index contributed by atoms with van der Waals surface area (Å²) in [6.07, 6.45) is 1.78. The molecule has 0 saturated heterocycles. The number of hydrogen-bond acceptors (Lipinski definition) is 4. The first-order valence-corrected chi connectivity index (χ1v) is 13.5. The van der Waals surface area contributed by atoms with Gasteiger partial charge in [-0.3, -0.25) is 13.9 Å². The van der Waals surface area contributed by atoms with Crippen LogP contribution in [0, 0.1) is 0 Å². The molecule has 0 fully saturated rings. The number of nitrogens with one attached hydrogen (secondary N) is 1. The van der Waals surface area contributed by atoms with Gasteiger partial charge in [-0.05, 0) is 56.2 Å². The molecule has 0 radical (unpaired) electrons. The van der Waals surface area contributed by atoms with E-state index in [1.807, 2.05) is 13.8 Å². The first-order chi connectivity index (χ1) is 15.4. The second-order valence-corrected chi connectivity index (χ2v) is 11.1. The van der Waals surface area contributed by atoms with Crippen molar-refractivity contribution in [3.05, 3.63) is 63.6 Å². The zero-order valence-electron chi connectivity index (χ0n) is 19.1. The number of rotatable bonds is 10. The molecule has 2 atom stereocenters. The molecule has 1 N–H and O–H groups in total. The van der Waals surface area contributed by atoms with Crippen molar-refractivity contribution in [3.8, 4) is 0 Å². The van der Waals surface area contributed by atoms with Crippen LogP contribution < -0.4 is 9.62 Å². The quantitative estimate of drug-likeness (QED) is 0.474. The molecule has 0 saturated carbocycles. The molecular formula is C23H29BrClN3O4S. The van der Waals surface area contributed by atoms with Gasteiger partial charge in [0.15, 0.2) is 0 Å². The van der Waals surface area contributed by atoms with E-state index in [4.69, 9.17) is 11.6 Å². The highest BCUT2D eigenvalue weighted by molar-refractivity contribution is 9.10. The van der Waals surface area contributed by atoms with Crippen LogP contribution in [0.25, 0.3) is 0 Å². The molecule has 0 heterocycles. The van der Waals surface area contributed by atoms with Gasteiger partial charge in [0.05, 0.1) is 11.9 Å². The second kappa shape index (κ2) is 11.9. The van der Waals surface area contributed by atoms with Crippen molar-refractivity contribution < 1.29 is 18.0 Å². The SMILES string of the molecule is CCC(C)NC(=O)C(C)N(Cc1ccccc1Cl)C(=O)CN(c1ccc(Br)cc1)S(C)(=O)=O. The number of benzene rings is 2. The Bertz CT molecular complexity index is 1080. The van der Waals surface area contributed by atoms with Crippen LogP contribution in [0.3, 0.4) is 0 Å². The van der Waals surface area contributed by atoms with Crippen molar-refractivity contribution >= 4 is 55.1 Å². The number of anilines is 1. The van der Waals surface area contributed by atoms with Gasteiger partial charge in [0.25, 0.3) is 0 Å². The van der Waals surface area contributed by atoms with Crippen molar-refractivity contribution in [3.63, 3.8) is 0 Å². The first-order valence-electron chi connectivity index (χ1n) is 10.5. The average molecular weight is 559 g/mol. The number of nitrogens with zero attached hydrogens (tertiary/aromatic N) is 2. The highest BCUT2D eigenvalue weighted by Crippen LogP contribution is 2.23. The third-order valence-electron chi connectivity index (χ3n) is 5.26. The fourth-order valence-electron chi connectivity index (χ4n) is 3.08. The zero-order valence-corrected chi connectivity index (χ0v) is 22.2. The van der Waals surface area contributed by atoms with Gasteiger partial charge in [-0.15, -0.1) is 0 Å². The Kier molecular flexibility index (Phi) is 9.75. The lowest BCUT2D eigenvalue weighted by Crippen LogP contribution is -2.52. The van der Waals surface area contributed by atoms with E-state index in [-0.39, 0.29) is 18.5 Å². The van der Waals surface area contributed by atoms with Crippen LogP contribution in [0.2, 0.25) is 5.02 Å². The minimum absolute atomic E-state index is 0.0611. The van der Waals surface area contributed by atoms with E-state index < -0.39 is 28.5 Å². The summed E-state index contributed by atoms with van der Waals surface area (Å²) in [6, 6.07) is 12.7. The van der Waals surface area contributed by atoms with Gasteiger partial charge in [0.2, 0.25) is 21.8 Å². The Morgan fingerprint density at radius 3 is 2.24 bits per heavy atom. The van der Waals surface area contributed by atoms with Gasteiger partial charge >= 0.3 is 0 Å². The summed E-state index contributed by atoms with van der Waals surface area (Å²) < 4.78 is 26.8. The Morgan fingerprint density at radius 2 is 1.70 bits per heavy atom. The molecule has 0 aliphatic rings. The molecule has 2 aromatic carbocycles. The molecular weight excluding hydrogens is 530 g/mol. The van der Waals surface area contributed by atoms with Gasteiger partial charge in [0, 0.05) is 22.1 Å². The molecule has 0 aliphatic carbocycles. The summed E-state index contributed by atoms with van der Waals surface area (Å²) in [7, 11) is -3.77. The minimum Gasteiger partial charge on any atom is -0.352 e. The van der Waals surface area contributed by atoms with Crippen LogP contribution in [-0.4, -0.2) is 50.0 Å². The zero-order chi connectivity index (χ0) is 24.8. The van der Waals surface area contributed by atoms with Crippen LogP contribution in [0.5, 0.6) is 0 Å². The summed E-state index contributed by atoms with van der Waals surface area (Å²) in [4.78, 5) is 27.7. The summed E-state index contributed by atoms with van der Waals surface area (Å²) in [5, 5.41) is 3.34. The smallest absolute Gasteiger partial charge is 0.244 e. The molecule has 33 heavy (non-hydrogen) atoms. The molecule has 0 spiro atoms. The van der Waals surface area contributed by atoms with Crippen LogP contribution in [0.4, 0.5) is 5.69 Å². The second-order valence-electron chi connectivity index (χ2n) is 7.85. The van der Waals surface area contributed by atoms with Crippen molar-refractivity contribution in [1.82, 2.24) is 10.2 Å². The minimum atomic E-state index is -3.77. The van der Waals surface area contributed by atoms with Crippen molar-refractivity contribution in [2.45, 2.75) is 45.8 Å². The predicted molar refractivity (Wildman–Crippen MR) is 136 cm³/mol. The van der Waals surface area contributed by atoms with E-state index in [0.717, 1.165) is 21.5 Å². The lowest BCUT2D eigenvalue weighted by Gasteiger charge is -2.32. The molecule has 10 heteroatoms.